The van der Waals surface area contributed by atoms with E-state index >= 15 is 0 Å². The van der Waals surface area contributed by atoms with Crippen molar-refractivity contribution in [1.29, 1.82) is 0 Å². The largest absolute Gasteiger partial charge is 0.493 e. The van der Waals surface area contributed by atoms with Crippen LogP contribution >= 0.6 is 11.3 Å². The normalized spacial score (nSPS) is 11.8. The van der Waals surface area contributed by atoms with Gasteiger partial charge in [0.15, 0.2) is 16.3 Å². The Labute approximate surface area is 156 Å². The minimum absolute atomic E-state index is 0.178. The van der Waals surface area contributed by atoms with Crippen molar-refractivity contribution >= 4 is 27.5 Å². The average molecular weight is 370 g/mol. The molecule has 0 aliphatic carbocycles. The van der Waals surface area contributed by atoms with Gasteiger partial charge in [0, 0.05) is 6.54 Å². The van der Waals surface area contributed by atoms with E-state index in [2.05, 4.69) is 41.6 Å². The number of hydrogen-bond donors (Lipinski definition) is 0. The van der Waals surface area contributed by atoms with E-state index in [-0.39, 0.29) is 12.3 Å². The maximum absolute atomic E-state index is 12.5. The Morgan fingerprint density at radius 2 is 1.88 bits per heavy atom. The van der Waals surface area contributed by atoms with Gasteiger partial charge in [0.05, 0.1) is 30.9 Å². The molecule has 0 radical (unpaired) electrons. The molecular formula is C20H22N2O3S. The maximum atomic E-state index is 12.5. The Kier molecular flexibility index (Phi) is 5.42. The van der Waals surface area contributed by atoms with Crippen LogP contribution in [0.25, 0.3) is 10.2 Å². The summed E-state index contributed by atoms with van der Waals surface area (Å²) in [6.07, 6.45) is 0.220. The molecule has 0 unspecified atom stereocenters. The molecule has 0 aliphatic rings. The number of ether oxygens (including phenoxy) is 2. The summed E-state index contributed by atoms with van der Waals surface area (Å²) in [6, 6.07) is 11.8. The number of methoxy groups -OCH3 is 2. The lowest BCUT2D eigenvalue weighted by molar-refractivity contribution is -0.117. The van der Waals surface area contributed by atoms with Crippen molar-refractivity contribution in [2.24, 2.45) is 4.99 Å². The topological polar surface area (TPSA) is 52.8 Å². The molecule has 6 heteroatoms. The van der Waals surface area contributed by atoms with Crippen LogP contribution in [-0.4, -0.2) is 24.7 Å². The summed E-state index contributed by atoms with van der Waals surface area (Å²) in [5.41, 5.74) is 3.15. The van der Waals surface area contributed by atoms with Crippen molar-refractivity contribution in [3.05, 3.63) is 52.3 Å². The molecule has 5 nitrogen and oxygen atoms in total. The van der Waals surface area contributed by atoms with E-state index in [4.69, 9.17) is 9.47 Å². The maximum Gasteiger partial charge on any atom is 0.252 e. The minimum atomic E-state index is -0.178. The smallest absolute Gasteiger partial charge is 0.252 e. The van der Waals surface area contributed by atoms with Crippen LogP contribution in [0, 0.1) is 6.92 Å². The zero-order valence-electron chi connectivity index (χ0n) is 15.4. The molecule has 136 valence electrons. The van der Waals surface area contributed by atoms with E-state index in [9.17, 15) is 4.79 Å². The second-order valence-electron chi connectivity index (χ2n) is 5.97. The number of nitrogens with zero attached hydrogens (tertiary/aromatic N) is 2. The van der Waals surface area contributed by atoms with E-state index in [0.29, 0.717) is 11.5 Å². The predicted molar refractivity (Wildman–Crippen MR) is 104 cm³/mol. The molecule has 0 atom stereocenters. The highest BCUT2D eigenvalue weighted by Crippen LogP contribution is 2.27. The molecule has 1 amide bonds. The number of aromatic nitrogens is 1. The van der Waals surface area contributed by atoms with Crippen LogP contribution in [0.5, 0.6) is 11.5 Å². The van der Waals surface area contributed by atoms with E-state index < -0.39 is 0 Å². The Hall–Kier alpha value is -2.60. The number of fused-ring (bicyclic) bond motifs is 1. The monoisotopic (exact) mass is 370 g/mol. The van der Waals surface area contributed by atoms with Crippen molar-refractivity contribution in [2.75, 3.05) is 14.2 Å². The fourth-order valence-electron chi connectivity index (χ4n) is 2.88. The Balaban J connectivity index is 1.93. The molecule has 3 rings (SSSR count). The molecule has 1 heterocycles. The number of rotatable bonds is 5. The summed E-state index contributed by atoms with van der Waals surface area (Å²) in [5, 5.41) is 0. The summed E-state index contributed by atoms with van der Waals surface area (Å²) in [5.74, 6) is 1.07. The highest BCUT2D eigenvalue weighted by molar-refractivity contribution is 7.16. The Morgan fingerprint density at radius 3 is 2.58 bits per heavy atom. The zero-order valence-corrected chi connectivity index (χ0v) is 16.2. The van der Waals surface area contributed by atoms with Crippen molar-refractivity contribution in [2.45, 2.75) is 26.8 Å². The molecule has 1 aromatic heterocycles. The van der Waals surface area contributed by atoms with Crippen LogP contribution in [-0.2, 0) is 17.8 Å². The van der Waals surface area contributed by atoms with Crippen LogP contribution in [0.1, 0.15) is 18.1 Å². The molecule has 0 aliphatic heterocycles. The Bertz CT molecular complexity index is 1020. The first-order valence-electron chi connectivity index (χ1n) is 8.44. The van der Waals surface area contributed by atoms with Crippen LogP contribution in [0.15, 0.2) is 41.4 Å². The van der Waals surface area contributed by atoms with Gasteiger partial charge >= 0.3 is 0 Å². The third kappa shape index (κ3) is 3.65. The van der Waals surface area contributed by atoms with Crippen LogP contribution in [0.4, 0.5) is 0 Å². The lowest BCUT2D eigenvalue weighted by Crippen LogP contribution is -2.16. The van der Waals surface area contributed by atoms with Gasteiger partial charge in [-0.05, 0) is 49.2 Å². The van der Waals surface area contributed by atoms with Crippen LogP contribution in [0.2, 0.25) is 0 Å². The van der Waals surface area contributed by atoms with Gasteiger partial charge in [-0.15, -0.1) is 0 Å². The van der Waals surface area contributed by atoms with Crippen molar-refractivity contribution < 1.29 is 14.3 Å². The van der Waals surface area contributed by atoms with Crippen molar-refractivity contribution in [3.63, 3.8) is 0 Å². The number of hydrogen-bond acceptors (Lipinski definition) is 4. The van der Waals surface area contributed by atoms with Gasteiger partial charge in [-0.3, -0.25) is 4.79 Å². The third-order valence-electron chi connectivity index (χ3n) is 4.18. The summed E-state index contributed by atoms with van der Waals surface area (Å²) in [7, 11) is 3.17. The quantitative estimate of drug-likeness (QED) is 0.688. The highest BCUT2D eigenvalue weighted by atomic mass is 32.1. The predicted octanol–water partition coefficient (Wildman–Crippen LogP) is 3.72. The number of carbonyl (C=O) groups excluding carboxylic acids is 1. The standard InChI is InChI=1S/C20H22N2O3S/c1-5-22-15-8-6-13(2)10-18(15)26-20(22)21-19(23)12-14-7-9-16(24-3)17(11-14)25-4/h6-11H,5,12H2,1-4H3. The van der Waals surface area contributed by atoms with Crippen LogP contribution < -0.4 is 14.3 Å². The van der Waals surface area contributed by atoms with Crippen molar-refractivity contribution in [3.8, 4) is 11.5 Å². The van der Waals surface area contributed by atoms with E-state index in [1.54, 1.807) is 31.6 Å². The number of benzene rings is 2. The average Bonchev–Trinajstić information content (AvgIpc) is 2.97. The second kappa shape index (κ2) is 7.74. The molecule has 0 saturated carbocycles. The molecule has 2 aromatic carbocycles. The summed E-state index contributed by atoms with van der Waals surface area (Å²) in [6.45, 7) is 4.89. The van der Waals surface area contributed by atoms with E-state index in [1.807, 2.05) is 12.1 Å². The Morgan fingerprint density at radius 1 is 1.12 bits per heavy atom. The number of amides is 1. The van der Waals surface area contributed by atoms with E-state index in [1.165, 1.54) is 5.56 Å². The van der Waals surface area contributed by atoms with Gasteiger partial charge in [-0.1, -0.05) is 23.5 Å². The summed E-state index contributed by atoms with van der Waals surface area (Å²) >= 11 is 1.55. The van der Waals surface area contributed by atoms with Gasteiger partial charge < -0.3 is 14.0 Å². The number of carbonyl (C=O) groups is 1. The number of thiazole rings is 1. The van der Waals surface area contributed by atoms with Gasteiger partial charge in [0.2, 0.25) is 0 Å². The molecule has 0 N–H and O–H groups in total. The van der Waals surface area contributed by atoms with E-state index in [0.717, 1.165) is 27.1 Å². The zero-order chi connectivity index (χ0) is 18.7. The molecule has 0 fully saturated rings. The molecule has 3 aromatic rings. The molecule has 0 saturated heterocycles. The molecule has 26 heavy (non-hydrogen) atoms. The van der Waals surface area contributed by atoms with Crippen molar-refractivity contribution in [1.82, 2.24) is 4.57 Å². The lowest BCUT2D eigenvalue weighted by atomic mass is 10.1. The van der Waals surface area contributed by atoms with Crippen LogP contribution in [0.3, 0.4) is 0 Å². The fraction of sp³-hybridized carbons (Fsp3) is 0.300. The molecule has 0 bridgehead atoms. The second-order valence-corrected chi connectivity index (χ2v) is 6.98. The first-order chi connectivity index (χ1) is 12.5. The number of aryl methyl sites for hydroxylation is 2. The van der Waals surface area contributed by atoms with Gasteiger partial charge in [-0.25, -0.2) is 0 Å². The lowest BCUT2D eigenvalue weighted by Gasteiger charge is -2.08. The van der Waals surface area contributed by atoms with Gasteiger partial charge in [0.25, 0.3) is 5.91 Å². The minimum Gasteiger partial charge on any atom is -0.493 e. The highest BCUT2D eigenvalue weighted by Gasteiger charge is 2.10. The fourth-order valence-corrected chi connectivity index (χ4v) is 4.09. The van der Waals surface area contributed by atoms with Gasteiger partial charge in [-0.2, -0.15) is 4.99 Å². The first kappa shape index (κ1) is 18.2. The first-order valence-corrected chi connectivity index (χ1v) is 9.25. The third-order valence-corrected chi connectivity index (χ3v) is 5.22. The van der Waals surface area contributed by atoms with Gasteiger partial charge in [0.1, 0.15) is 0 Å². The molecular weight excluding hydrogens is 348 g/mol. The SMILES string of the molecule is CCn1c(=NC(=O)Cc2ccc(OC)c(OC)c2)sc2cc(C)ccc21. The molecule has 0 spiro atoms. The summed E-state index contributed by atoms with van der Waals surface area (Å²) < 4.78 is 13.7. The summed E-state index contributed by atoms with van der Waals surface area (Å²) in [4.78, 5) is 17.6.